The van der Waals surface area contributed by atoms with Gasteiger partial charge in [0.25, 0.3) is 5.91 Å². The highest BCUT2D eigenvalue weighted by molar-refractivity contribution is 14.0. The molecule has 1 heterocycles. The van der Waals surface area contributed by atoms with Crippen LogP contribution in [0.3, 0.4) is 0 Å². The molecule has 1 amide bonds. The quantitative estimate of drug-likeness (QED) is 0.253. The zero-order valence-electron chi connectivity index (χ0n) is 15.2. The predicted molar refractivity (Wildman–Crippen MR) is 117 cm³/mol. The van der Waals surface area contributed by atoms with Crippen molar-refractivity contribution < 1.29 is 4.79 Å². The molecule has 1 aromatic heterocycles. The summed E-state index contributed by atoms with van der Waals surface area (Å²) in [6.07, 6.45) is 5.00. The Kier molecular flexibility index (Phi) is 9.64. The fraction of sp³-hybridized carbons (Fsp3) is 0.316. The second-order valence-electron chi connectivity index (χ2n) is 5.55. The van der Waals surface area contributed by atoms with Crippen LogP contribution in [-0.2, 0) is 12.8 Å². The van der Waals surface area contributed by atoms with Crippen molar-refractivity contribution in [2.75, 3.05) is 18.4 Å². The van der Waals surface area contributed by atoms with E-state index < -0.39 is 0 Å². The minimum Gasteiger partial charge on any atom is -0.370 e. The van der Waals surface area contributed by atoms with Crippen LogP contribution in [0.25, 0.3) is 0 Å². The van der Waals surface area contributed by atoms with Crippen molar-refractivity contribution in [1.82, 2.24) is 10.3 Å². The van der Waals surface area contributed by atoms with Crippen molar-refractivity contribution in [2.45, 2.75) is 26.7 Å². The molecule has 7 heteroatoms. The highest BCUT2D eigenvalue weighted by Crippen LogP contribution is 2.22. The van der Waals surface area contributed by atoms with Gasteiger partial charge in [-0.2, -0.15) is 0 Å². The van der Waals surface area contributed by atoms with Gasteiger partial charge in [0.15, 0.2) is 5.96 Å². The molecule has 6 nitrogen and oxygen atoms in total. The Labute approximate surface area is 171 Å². The number of halogens is 1. The van der Waals surface area contributed by atoms with E-state index in [1.807, 2.05) is 0 Å². The molecule has 0 saturated heterocycles. The Hall–Kier alpha value is -2.16. The van der Waals surface area contributed by atoms with E-state index in [9.17, 15) is 4.79 Å². The SMILES string of the molecule is CCc1cccc(CC)c1NC(N)=NCCNC(=O)c1cccnc1.I. The van der Waals surface area contributed by atoms with Crippen molar-refractivity contribution in [3.8, 4) is 0 Å². The summed E-state index contributed by atoms with van der Waals surface area (Å²) < 4.78 is 0. The third-order valence-corrected chi connectivity index (χ3v) is 3.86. The number of amides is 1. The zero-order chi connectivity index (χ0) is 18.1. The van der Waals surface area contributed by atoms with Crippen molar-refractivity contribution in [2.24, 2.45) is 10.7 Å². The van der Waals surface area contributed by atoms with E-state index in [2.05, 4.69) is 52.7 Å². The largest absolute Gasteiger partial charge is 0.370 e. The monoisotopic (exact) mass is 467 g/mol. The number of nitrogens with two attached hydrogens (primary N) is 1. The normalized spacial score (nSPS) is 10.8. The van der Waals surface area contributed by atoms with Gasteiger partial charge in [-0.25, -0.2) is 0 Å². The summed E-state index contributed by atoms with van der Waals surface area (Å²) in [5, 5.41) is 6.00. The first-order valence-electron chi connectivity index (χ1n) is 8.51. The van der Waals surface area contributed by atoms with Crippen molar-refractivity contribution in [3.63, 3.8) is 0 Å². The van der Waals surface area contributed by atoms with Crippen LogP contribution in [0.4, 0.5) is 5.69 Å². The molecule has 0 spiro atoms. The van der Waals surface area contributed by atoms with Gasteiger partial charge in [0.1, 0.15) is 0 Å². The number of aryl methyl sites for hydroxylation is 2. The van der Waals surface area contributed by atoms with Crippen LogP contribution in [-0.4, -0.2) is 29.9 Å². The van der Waals surface area contributed by atoms with Crippen LogP contribution in [0, 0.1) is 0 Å². The highest BCUT2D eigenvalue weighted by atomic mass is 127. The van der Waals surface area contributed by atoms with Crippen molar-refractivity contribution in [3.05, 3.63) is 59.4 Å². The molecule has 0 aliphatic carbocycles. The summed E-state index contributed by atoms with van der Waals surface area (Å²) in [5.41, 5.74) is 9.98. The fourth-order valence-corrected chi connectivity index (χ4v) is 2.52. The van der Waals surface area contributed by atoms with E-state index in [0.717, 1.165) is 18.5 Å². The van der Waals surface area contributed by atoms with Crippen LogP contribution in [0.15, 0.2) is 47.7 Å². The molecular weight excluding hydrogens is 441 g/mol. The number of benzene rings is 1. The molecular formula is C19H26IN5O. The molecule has 0 aliphatic heterocycles. The second kappa shape index (κ2) is 11.5. The Morgan fingerprint density at radius 1 is 1.15 bits per heavy atom. The first-order chi connectivity index (χ1) is 12.2. The zero-order valence-corrected chi connectivity index (χ0v) is 17.5. The molecule has 0 bridgehead atoms. The van der Waals surface area contributed by atoms with Crippen LogP contribution in [0.2, 0.25) is 0 Å². The summed E-state index contributed by atoms with van der Waals surface area (Å²) in [4.78, 5) is 20.1. The lowest BCUT2D eigenvalue weighted by Gasteiger charge is -2.14. The number of anilines is 1. The molecule has 0 radical (unpaired) electrons. The number of nitrogens with zero attached hydrogens (tertiary/aromatic N) is 2. The van der Waals surface area contributed by atoms with Crippen LogP contribution >= 0.6 is 24.0 Å². The molecule has 2 rings (SSSR count). The van der Waals surface area contributed by atoms with Gasteiger partial charge in [0, 0.05) is 24.6 Å². The maximum absolute atomic E-state index is 11.9. The number of hydrogen-bond acceptors (Lipinski definition) is 3. The van der Waals surface area contributed by atoms with Crippen molar-refractivity contribution in [1.29, 1.82) is 0 Å². The van der Waals surface area contributed by atoms with E-state index >= 15 is 0 Å². The number of hydrogen-bond donors (Lipinski definition) is 3. The van der Waals surface area contributed by atoms with Gasteiger partial charge in [0.2, 0.25) is 0 Å². The smallest absolute Gasteiger partial charge is 0.252 e. The van der Waals surface area contributed by atoms with Crippen molar-refractivity contribution >= 4 is 41.5 Å². The number of aromatic nitrogens is 1. The first kappa shape index (κ1) is 21.9. The lowest BCUT2D eigenvalue weighted by atomic mass is 10.0. The third-order valence-electron chi connectivity index (χ3n) is 3.86. The van der Waals surface area contributed by atoms with Crippen LogP contribution in [0.1, 0.15) is 35.3 Å². The maximum Gasteiger partial charge on any atom is 0.252 e. The molecule has 0 atom stereocenters. The highest BCUT2D eigenvalue weighted by Gasteiger charge is 2.07. The number of nitrogens with one attached hydrogen (secondary N) is 2. The molecule has 140 valence electrons. The van der Waals surface area contributed by atoms with Gasteiger partial charge in [-0.15, -0.1) is 24.0 Å². The number of guanidine groups is 1. The average molecular weight is 467 g/mol. The van der Waals surface area contributed by atoms with Gasteiger partial charge in [-0.3, -0.25) is 14.8 Å². The van der Waals surface area contributed by atoms with E-state index in [1.165, 1.54) is 17.3 Å². The number of pyridine rings is 1. The molecule has 2 aromatic rings. The summed E-state index contributed by atoms with van der Waals surface area (Å²) >= 11 is 0. The lowest BCUT2D eigenvalue weighted by molar-refractivity contribution is 0.0954. The number of para-hydroxylation sites is 1. The van der Waals surface area contributed by atoms with Gasteiger partial charge >= 0.3 is 0 Å². The van der Waals surface area contributed by atoms with Crippen LogP contribution in [0.5, 0.6) is 0 Å². The van der Waals surface area contributed by atoms with Crippen LogP contribution < -0.4 is 16.4 Å². The molecule has 26 heavy (non-hydrogen) atoms. The maximum atomic E-state index is 11.9. The summed E-state index contributed by atoms with van der Waals surface area (Å²) in [6.45, 7) is 5.04. The second-order valence-corrected chi connectivity index (χ2v) is 5.55. The summed E-state index contributed by atoms with van der Waals surface area (Å²) in [5.74, 6) is 0.186. The Balaban J connectivity index is 0.00000338. The predicted octanol–water partition coefficient (Wildman–Crippen LogP) is 2.98. The Morgan fingerprint density at radius 2 is 1.85 bits per heavy atom. The van der Waals surface area contributed by atoms with Gasteiger partial charge in [-0.1, -0.05) is 32.0 Å². The standard InChI is InChI=1S/C19H25N5O.HI/c1-3-14-7-5-8-15(4-2)17(14)24-19(20)23-12-11-22-18(25)16-9-6-10-21-13-16;/h5-10,13H,3-4,11-12H2,1-2H3,(H,22,25)(H3,20,23,24);1H. The van der Waals surface area contributed by atoms with E-state index in [4.69, 9.17) is 5.73 Å². The molecule has 0 saturated carbocycles. The molecule has 1 aromatic carbocycles. The van der Waals surface area contributed by atoms with E-state index in [-0.39, 0.29) is 29.9 Å². The number of rotatable bonds is 7. The van der Waals surface area contributed by atoms with Gasteiger partial charge in [0.05, 0.1) is 12.1 Å². The molecule has 0 aliphatic rings. The lowest BCUT2D eigenvalue weighted by Crippen LogP contribution is -2.29. The topological polar surface area (TPSA) is 92.4 Å². The molecule has 0 unspecified atom stereocenters. The first-order valence-corrected chi connectivity index (χ1v) is 8.51. The molecule has 0 fully saturated rings. The van der Waals surface area contributed by atoms with E-state index in [1.54, 1.807) is 18.3 Å². The van der Waals surface area contributed by atoms with Gasteiger partial charge < -0.3 is 16.4 Å². The summed E-state index contributed by atoms with van der Waals surface area (Å²) in [6, 6.07) is 9.68. The van der Waals surface area contributed by atoms with Gasteiger partial charge in [-0.05, 0) is 36.1 Å². The minimum atomic E-state index is -0.167. The number of aliphatic imine (C=N–C) groups is 1. The number of carbonyl (C=O) groups is 1. The average Bonchev–Trinajstić information content (AvgIpc) is 2.65. The summed E-state index contributed by atoms with van der Waals surface area (Å²) in [7, 11) is 0. The Morgan fingerprint density at radius 3 is 2.42 bits per heavy atom. The fourth-order valence-electron chi connectivity index (χ4n) is 2.52. The third kappa shape index (κ3) is 6.29. The Bertz CT molecular complexity index is 712. The molecule has 4 N–H and O–H groups in total. The minimum absolute atomic E-state index is 0. The number of carbonyl (C=O) groups excluding carboxylic acids is 1. The van der Waals surface area contributed by atoms with E-state index in [0.29, 0.717) is 24.6 Å².